The molecular formula is C11H16N2O4S. The fourth-order valence-electron chi connectivity index (χ4n) is 1.07. The number of nitrogens with one attached hydrogen (secondary N) is 1. The number of carbonyl (C=O) groups excluding carboxylic acids is 3. The molecule has 0 aliphatic rings. The van der Waals surface area contributed by atoms with E-state index in [1.165, 1.54) is 18.3 Å². The van der Waals surface area contributed by atoms with Gasteiger partial charge in [-0.25, -0.2) is 0 Å². The molecule has 0 bridgehead atoms. The van der Waals surface area contributed by atoms with Gasteiger partial charge in [0.25, 0.3) is 12.4 Å². The number of hydrogen-bond acceptors (Lipinski definition) is 5. The van der Waals surface area contributed by atoms with Crippen molar-refractivity contribution >= 4 is 34.6 Å². The highest BCUT2D eigenvalue weighted by molar-refractivity contribution is 7.15. The number of amides is 2. The summed E-state index contributed by atoms with van der Waals surface area (Å²) in [7, 11) is 0. The Morgan fingerprint density at radius 3 is 2.50 bits per heavy atom. The lowest BCUT2D eigenvalue weighted by molar-refractivity contribution is -0.128. The van der Waals surface area contributed by atoms with Gasteiger partial charge in [-0.2, -0.15) is 0 Å². The molecule has 1 aromatic rings. The van der Waals surface area contributed by atoms with Crippen molar-refractivity contribution in [1.82, 2.24) is 0 Å². The smallest absolute Gasteiger partial charge is 0.293 e. The highest BCUT2D eigenvalue weighted by Crippen LogP contribution is 2.26. The molecule has 100 valence electrons. The van der Waals surface area contributed by atoms with Gasteiger partial charge in [0.2, 0.25) is 5.91 Å². The highest BCUT2D eigenvalue weighted by Gasteiger charge is 2.14. The maximum Gasteiger partial charge on any atom is 0.293 e. The number of hydrogen-bond donors (Lipinski definition) is 2. The third kappa shape index (κ3) is 5.44. The Bertz CT molecular complexity index is 429. The molecule has 1 heterocycles. The molecule has 1 aromatic heterocycles. The van der Waals surface area contributed by atoms with Gasteiger partial charge in [0.1, 0.15) is 5.00 Å². The van der Waals surface area contributed by atoms with E-state index in [9.17, 15) is 14.4 Å². The number of rotatable bonds is 4. The lowest BCUT2D eigenvalue weighted by Crippen LogP contribution is -2.15. The fourth-order valence-corrected chi connectivity index (χ4v) is 2.06. The second kappa shape index (κ2) is 8.24. The minimum atomic E-state index is -0.512. The van der Waals surface area contributed by atoms with Gasteiger partial charge in [0.15, 0.2) is 0 Å². The molecule has 0 aliphatic carbocycles. The van der Waals surface area contributed by atoms with Gasteiger partial charge in [0, 0.05) is 6.92 Å². The topological polar surface area (TPSA) is 98.5 Å². The average Bonchev–Trinajstić information content (AvgIpc) is 2.60. The number of thiophene rings is 1. The van der Waals surface area contributed by atoms with Crippen LogP contribution in [0.2, 0.25) is 0 Å². The van der Waals surface area contributed by atoms with Crippen LogP contribution in [0.4, 0.5) is 5.00 Å². The molecule has 0 unspecified atom stereocenters. The van der Waals surface area contributed by atoms with Gasteiger partial charge >= 0.3 is 0 Å². The van der Waals surface area contributed by atoms with E-state index in [0.29, 0.717) is 23.6 Å². The van der Waals surface area contributed by atoms with Crippen molar-refractivity contribution in [2.45, 2.75) is 20.8 Å². The van der Waals surface area contributed by atoms with Crippen LogP contribution in [0, 0.1) is 6.92 Å². The molecule has 7 heteroatoms. The zero-order valence-electron chi connectivity index (χ0n) is 10.5. The number of nitrogens with two attached hydrogens (primary N) is 1. The van der Waals surface area contributed by atoms with Crippen LogP contribution in [0.5, 0.6) is 0 Å². The maximum atomic E-state index is 11.0. The summed E-state index contributed by atoms with van der Waals surface area (Å²) >= 11 is 1.30. The van der Waals surface area contributed by atoms with E-state index in [2.05, 4.69) is 10.1 Å². The quantitative estimate of drug-likeness (QED) is 0.807. The SMILES string of the molecule is CC(=O)Nc1scc(C)c1C(N)=O.CCOC=O. The van der Waals surface area contributed by atoms with E-state index in [1.54, 1.807) is 19.2 Å². The average molecular weight is 272 g/mol. The van der Waals surface area contributed by atoms with E-state index in [1.807, 2.05) is 0 Å². The van der Waals surface area contributed by atoms with Gasteiger partial charge in [0.05, 0.1) is 12.2 Å². The Morgan fingerprint density at radius 2 is 2.17 bits per heavy atom. The Hall–Kier alpha value is -1.89. The van der Waals surface area contributed by atoms with Gasteiger partial charge in [-0.15, -0.1) is 11.3 Å². The predicted molar refractivity (Wildman–Crippen MR) is 69.6 cm³/mol. The molecule has 3 N–H and O–H groups in total. The van der Waals surface area contributed by atoms with Gasteiger partial charge in [-0.3, -0.25) is 14.4 Å². The van der Waals surface area contributed by atoms with Crippen LogP contribution in [0.15, 0.2) is 5.38 Å². The Labute approximate surface area is 109 Å². The normalized spacial score (nSPS) is 8.83. The zero-order chi connectivity index (χ0) is 14.1. The van der Waals surface area contributed by atoms with Gasteiger partial charge in [-0.1, -0.05) is 0 Å². The van der Waals surface area contributed by atoms with Crippen LogP contribution in [0.3, 0.4) is 0 Å². The molecule has 1 rings (SSSR count). The second-order valence-corrected chi connectivity index (χ2v) is 4.10. The lowest BCUT2D eigenvalue weighted by Gasteiger charge is -2.00. The van der Waals surface area contributed by atoms with Crippen LogP contribution >= 0.6 is 11.3 Å². The van der Waals surface area contributed by atoms with Gasteiger partial charge in [-0.05, 0) is 24.8 Å². The van der Waals surface area contributed by atoms with E-state index < -0.39 is 5.91 Å². The summed E-state index contributed by atoms with van der Waals surface area (Å²) in [5.41, 5.74) is 6.35. The summed E-state index contributed by atoms with van der Waals surface area (Å²) in [6, 6.07) is 0. The fraction of sp³-hybridized carbons (Fsp3) is 0.364. The first-order valence-corrected chi connectivity index (χ1v) is 6.02. The van der Waals surface area contributed by atoms with E-state index in [4.69, 9.17) is 5.73 Å². The lowest BCUT2D eigenvalue weighted by atomic mass is 10.2. The molecule has 0 radical (unpaired) electrons. The first-order valence-electron chi connectivity index (χ1n) is 5.14. The molecule has 0 aliphatic heterocycles. The van der Waals surface area contributed by atoms with E-state index >= 15 is 0 Å². The number of anilines is 1. The van der Waals surface area contributed by atoms with Crippen LogP contribution in [-0.4, -0.2) is 24.9 Å². The first kappa shape index (κ1) is 16.1. The summed E-state index contributed by atoms with van der Waals surface area (Å²) in [4.78, 5) is 30.9. The molecule has 0 spiro atoms. The Balaban J connectivity index is 0.000000494. The van der Waals surface area contributed by atoms with Crippen LogP contribution in [0.25, 0.3) is 0 Å². The third-order valence-corrected chi connectivity index (χ3v) is 2.76. The minimum absolute atomic E-state index is 0.204. The zero-order valence-corrected chi connectivity index (χ0v) is 11.3. The van der Waals surface area contributed by atoms with E-state index in [0.717, 1.165) is 5.56 Å². The maximum absolute atomic E-state index is 11.0. The van der Waals surface area contributed by atoms with Crippen molar-refractivity contribution in [3.05, 3.63) is 16.5 Å². The summed E-state index contributed by atoms with van der Waals surface area (Å²) in [5, 5.41) is 4.86. The summed E-state index contributed by atoms with van der Waals surface area (Å²) < 4.78 is 4.15. The van der Waals surface area contributed by atoms with Crippen molar-refractivity contribution < 1.29 is 19.1 Å². The molecule has 0 aromatic carbocycles. The summed E-state index contributed by atoms with van der Waals surface area (Å²) in [6.07, 6.45) is 0. The second-order valence-electron chi connectivity index (χ2n) is 3.22. The predicted octanol–water partition coefficient (Wildman–Crippen LogP) is 1.29. The molecular weight excluding hydrogens is 256 g/mol. The number of primary amides is 1. The van der Waals surface area contributed by atoms with Crippen LogP contribution in [0.1, 0.15) is 29.8 Å². The summed E-state index contributed by atoms with van der Waals surface area (Å²) in [6.45, 7) is 5.83. The highest BCUT2D eigenvalue weighted by atomic mass is 32.1. The number of aryl methyl sites for hydroxylation is 1. The van der Waals surface area contributed by atoms with Crippen molar-refractivity contribution in [1.29, 1.82) is 0 Å². The van der Waals surface area contributed by atoms with Crippen molar-refractivity contribution in [2.24, 2.45) is 5.73 Å². The molecule has 6 nitrogen and oxygen atoms in total. The molecule has 0 saturated heterocycles. The Morgan fingerprint density at radius 1 is 1.56 bits per heavy atom. The molecule has 0 saturated carbocycles. The van der Waals surface area contributed by atoms with Crippen LogP contribution in [-0.2, 0) is 14.3 Å². The standard InChI is InChI=1S/C8H10N2O2S.C3H6O2/c1-4-3-13-8(10-5(2)11)6(4)7(9)12;1-2-5-3-4/h3H,1-2H3,(H2,9,12)(H,10,11);3H,2H2,1H3. The molecule has 18 heavy (non-hydrogen) atoms. The van der Waals surface area contributed by atoms with Crippen molar-refractivity contribution in [3.8, 4) is 0 Å². The van der Waals surface area contributed by atoms with E-state index in [-0.39, 0.29) is 5.91 Å². The van der Waals surface area contributed by atoms with Crippen molar-refractivity contribution in [3.63, 3.8) is 0 Å². The monoisotopic (exact) mass is 272 g/mol. The molecule has 2 amide bonds. The Kier molecular flexibility index (Phi) is 7.37. The number of ether oxygens (including phenoxy) is 1. The first-order chi connectivity index (χ1) is 8.43. The molecule has 0 fully saturated rings. The largest absolute Gasteiger partial charge is 0.468 e. The van der Waals surface area contributed by atoms with Crippen LogP contribution < -0.4 is 11.1 Å². The third-order valence-electron chi connectivity index (χ3n) is 1.75. The summed E-state index contributed by atoms with van der Waals surface area (Å²) in [5.74, 6) is -0.716. The molecule has 0 atom stereocenters. The van der Waals surface area contributed by atoms with Crippen molar-refractivity contribution in [2.75, 3.05) is 11.9 Å². The number of carbonyl (C=O) groups is 3. The minimum Gasteiger partial charge on any atom is -0.468 e. The van der Waals surface area contributed by atoms with Gasteiger partial charge < -0.3 is 15.8 Å².